The number of hydrogen-bond acceptors (Lipinski definition) is 7. The summed E-state index contributed by atoms with van der Waals surface area (Å²) in [6.45, 7) is -0.472. The SMILES string of the molecule is O=C(CNC(=O)C(CO)NC(=O)C1CCCN1)NC(Cc1ccc(O)cc1)C(=O)O. The molecule has 30 heavy (non-hydrogen) atoms. The first-order chi connectivity index (χ1) is 14.3. The zero-order chi connectivity index (χ0) is 22.1. The molecule has 1 saturated heterocycles. The van der Waals surface area contributed by atoms with Gasteiger partial charge in [-0.3, -0.25) is 14.4 Å². The number of hydrogen-bond donors (Lipinski definition) is 7. The van der Waals surface area contributed by atoms with Crippen molar-refractivity contribution in [1.82, 2.24) is 21.3 Å². The number of nitrogens with one attached hydrogen (secondary N) is 4. The molecule has 1 fully saturated rings. The third-order valence-corrected chi connectivity index (χ3v) is 4.63. The standard InChI is InChI=1S/C19H26N4O7/c24-10-15(23-18(28)13-2-1-7-20-13)17(27)21-9-16(26)22-14(19(29)30)8-11-3-5-12(25)6-4-11/h3-6,13-15,20,24-25H,1-2,7-10H2,(H,21,27)(H,22,26)(H,23,28)(H,29,30). The molecule has 11 heteroatoms. The average molecular weight is 422 g/mol. The smallest absolute Gasteiger partial charge is 0.326 e. The van der Waals surface area contributed by atoms with Crippen LogP contribution in [0.2, 0.25) is 0 Å². The van der Waals surface area contributed by atoms with E-state index in [4.69, 9.17) is 0 Å². The molecule has 0 radical (unpaired) electrons. The summed E-state index contributed by atoms with van der Waals surface area (Å²) in [4.78, 5) is 47.7. The maximum atomic E-state index is 12.1. The number of carboxylic acids is 1. The second kappa shape index (κ2) is 11.1. The van der Waals surface area contributed by atoms with E-state index in [1.807, 2.05) is 0 Å². The van der Waals surface area contributed by atoms with Crippen LogP contribution in [0.3, 0.4) is 0 Å². The van der Waals surface area contributed by atoms with Gasteiger partial charge in [-0.2, -0.15) is 0 Å². The lowest BCUT2D eigenvalue weighted by molar-refractivity contribution is -0.141. The van der Waals surface area contributed by atoms with Crippen LogP contribution in [0.1, 0.15) is 18.4 Å². The second-order valence-corrected chi connectivity index (χ2v) is 6.94. The van der Waals surface area contributed by atoms with Crippen LogP contribution in [0.5, 0.6) is 5.75 Å². The van der Waals surface area contributed by atoms with Crippen LogP contribution in [0.4, 0.5) is 0 Å². The molecule has 0 aromatic heterocycles. The first kappa shape index (κ1) is 23.1. The van der Waals surface area contributed by atoms with E-state index in [0.29, 0.717) is 18.5 Å². The number of carboxylic acid groups (broad SMARTS) is 1. The highest BCUT2D eigenvalue weighted by Gasteiger charge is 2.27. The number of aromatic hydroxyl groups is 1. The highest BCUT2D eigenvalue weighted by molar-refractivity contribution is 5.92. The Morgan fingerprint density at radius 2 is 1.80 bits per heavy atom. The first-order valence-electron chi connectivity index (χ1n) is 9.52. The predicted octanol–water partition coefficient (Wildman–Crippen LogP) is -2.15. The van der Waals surface area contributed by atoms with Gasteiger partial charge in [-0.05, 0) is 37.1 Å². The van der Waals surface area contributed by atoms with Crippen molar-refractivity contribution >= 4 is 23.7 Å². The molecular weight excluding hydrogens is 396 g/mol. The van der Waals surface area contributed by atoms with Crippen LogP contribution in [0, 0.1) is 0 Å². The molecule has 1 aromatic carbocycles. The maximum Gasteiger partial charge on any atom is 0.326 e. The zero-order valence-corrected chi connectivity index (χ0v) is 16.3. The van der Waals surface area contributed by atoms with Crippen molar-refractivity contribution < 1.29 is 34.5 Å². The van der Waals surface area contributed by atoms with Crippen LogP contribution < -0.4 is 21.3 Å². The van der Waals surface area contributed by atoms with E-state index in [-0.39, 0.29) is 12.2 Å². The maximum absolute atomic E-state index is 12.1. The molecule has 11 nitrogen and oxygen atoms in total. The predicted molar refractivity (Wildman–Crippen MR) is 104 cm³/mol. The number of carbonyl (C=O) groups excluding carboxylic acids is 3. The van der Waals surface area contributed by atoms with Gasteiger partial charge in [0, 0.05) is 6.42 Å². The molecule has 3 amide bonds. The number of amides is 3. The van der Waals surface area contributed by atoms with Crippen molar-refractivity contribution in [3.05, 3.63) is 29.8 Å². The topological polar surface area (TPSA) is 177 Å². The zero-order valence-electron chi connectivity index (χ0n) is 16.3. The number of rotatable bonds is 10. The van der Waals surface area contributed by atoms with Crippen molar-refractivity contribution in [3.63, 3.8) is 0 Å². The van der Waals surface area contributed by atoms with Crippen molar-refractivity contribution in [2.24, 2.45) is 0 Å². The Labute approximate surface area is 172 Å². The van der Waals surface area contributed by atoms with Gasteiger partial charge in [0.2, 0.25) is 17.7 Å². The number of phenolic OH excluding ortho intramolecular Hbond substituents is 1. The summed E-state index contributed by atoms with van der Waals surface area (Å²) in [5.74, 6) is -3.13. The summed E-state index contributed by atoms with van der Waals surface area (Å²) in [5.41, 5.74) is 0.591. The van der Waals surface area contributed by atoms with E-state index in [9.17, 15) is 34.5 Å². The summed E-state index contributed by atoms with van der Waals surface area (Å²) in [6, 6.07) is 2.99. The molecule has 0 spiro atoms. The number of aliphatic hydroxyl groups excluding tert-OH is 1. The van der Waals surface area contributed by atoms with Gasteiger partial charge in [-0.25, -0.2) is 4.79 Å². The summed E-state index contributed by atoms with van der Waals surface area (Å²) < 4.78 is 0. The van der Waals surface area contributed by atoms with Crippen molar-refractivity contribution in [1.29, 1.82) is 0 Å². The Balaban J connectivity index is 1.82. The van der Waals surface area contributed by atoms with E-state index in [1.165, 1.54) is 24.3 Å². The minimum absolute atomic E-state index is 0.0149. The Morgan fingerprint density at radius 3 is 2.37 bits per heavy atom. The molecule has 164 valence electrons. The largest absolute Gasteiger partial charge is 0.508 e. The van der Waals surface area contributed by atoms with Gasteiger partial charge in [-0.15, -0.1) is 0 Å². The van der Waals surface area contributed by atoms with Gasteiger partial charge < -0.3 is 36.6 Å². The fourth-order valence-corrected chi connectivity index (χ4v) is 2.98. The molecular formula is C19H26N4O7. The van der Waals surface area contributed by atoms with Gasteiger partial charge in [-0.1, -0.05) is 12.1 Å². The quantitative estimate of drug-likeness (QED) is 0.223. The lowest BCUT2D eigenvalue weighted by atomic mass is 10.1. The van der Waals surface area contributed by atoms with Gasteiger partial charge in [0.15, 0.2) is 0 Å². The van der Waals surface area contributed by atoms with E-state index in [2.05, 4.69) is 21.3 Å². The first-order valence-corrected chi connectivity index (χ1v) is 9.52. The summed E-state index contributed by atoms with van der Waals surface area (Å²) in [5, 5.41) is 37.9. The normalized spacial score (nSPS) is 17.6. The molecule has 1 heterocycles. The van der Waals surface area contributed by atoms with E-state index >= 15 is 0 Å². The minimum atomic E-state index is -1.26. The number of carbonyl (C=O) groups is 4. The van der Waals surface area contributed by atoms with E-state index in [0.717, 1.165) is 6.42 Å². The Morgan fingerprint density at radius 1 is 1.10 bits per heavy atom. The third-order valence-electron chi connectivity index (χ3n) is 4.63. The average Bonchev–Trinajstić information content (AvgIpc) is 3.26. The number of benzene rings is 1. The van der Waals surface area contributed by atoms with E-state index < -0.39 is 55.0 Å². The summed E-state index contributed by atoms with van der Waals surface area (Å²) >= 11 is 0. The molecule has 3 unspecified atom stereocenters. The summed E-state index contributed by atoms with van der Waals surface area (Å²) in [6.07, 6.45) is 1.45. The minimum Gasteiger partial charge on any atom is -0.508 e. The van der Waals surface area contributed by atoms with Crippen LogP contribution in [-0.2, 0) is 25.6 Å². The fraction of sp³-hybridized carbons (Fsp3) is 0.474. The molecule has 0 bridgehead atoms. The molecule has 1 aliphatic rings. The molecule has 0 aliphatic carbocycles. The van der Waals surface area contributed by atoms with Crippen molar-refractivity contribution in [2.45, 2.75) is 37.4 Å². The Kier molecular flexibility index (Phi) is 8.56. The number of aliphatic hydroxyl groups is 1. The van der Waals surface area contributed by atoms with Gasteiger partial charge in [0.05, 0.1) is 19.2 Å². The molecule has 0 saturated carbocycles. The Bertz CT molecular complexity index is 763. The van der Waals surface area contributed by atoms with Crippen LogP contribution >= 0.6 is 0 Å². The van der Waals surface area contributed by atoms with Gasteiger partial charge >= 0.3 is 5.97 Å². The highest BCUT2D eigenvalue weighted by atomic mass is 16.4. The molecule has 2 rings (SSSR count). The van der Waals surface area contributed by atoms with E-state index in [1.54, 1.807) is 0 Å². The van der Waals surface area contributed by atoms with Crippen LogP contribution in [0.25, 0.3) is 0 Å². The fourth-order valence-electron chi connectivity index (χ4n) is 2.98. The Hall–Kier alpha value is -3.18. The molecule has 3 atom stereocenters. The number of aliphatic carboxylic acids is 1. The molecule has 1 aromatic rings. The lowest BCUT2D eigenvalue weighted by Crippen LogP contribution is -2.54. The van der Waals surface area contributed by atoms with Crippen molar-refractivity contribution in [2.75, 3.05) is 19.7 Å². The molecule has 7 N–H and O–H groups in total. The highest BCUT2D eigenvalue weighted by Crippen LogP contribution is 2.11. The van der Waals surface area contributed by atoms with Crippen LogP contribution in [0.15, 0.2) is 24.3 Å². The lowest BCUT2D eigenvalue weighted by Gasteiger charge is -2.19. The van der Waals surface area contributed by atoms with Crippen LogP contribution in [-0.4, -0.2) is 76.8 Å². The molecule has 1 aliphatic heterocycles. The summed E-state index contributed by atoms with van der Waals surface area (Å²) in [7, 11) is 0. The third kappa shape index (κ3) is 7.01. The van der Waals surface area contributed by atoms with Gasteiger partial charge in [0.25, 0.3) is 0 Å². The van der Waals surface area contributed by atoms with Crippen molar-refractivity contribution in [3.8, 4) is 5.75 Å². The number of phenols is 1. The second-order valence-electron chi connectivity index (χ2n) is 6.94. The monoisotopic (exact) mass is 422 g/mol. The van der Waals surface area contributed by atoms with Gasteiger partial charge in [0.1, 0.15) is 17.8 Å².